The molecule has 154 valence electrons. The Morgan fingerprint density at radius 1 is 0.968 bits per heavy atom. The van der Waals surface area contributed by atoms with Crippen LogP contribution in [0.2, 0.25) is 5.02 Å². The van der Waals surface area contributed by atoms with Crippen LogP contribution in [0.1, 0.15) is 26.4 Å². The van der Waals surface area contributed by atoms with Crippen molar-refractivity contribution in [1.82, 2.24) is 10.2 Å². The number of nitrogens with zero attached hydrogens (tertiary/aromatic N) is 1. The highest BCUT2D eigenvalue weighted by atomic mass is 35.5. The molecule has 2 N–H and O–H groups in total. The zero-order valence-electron chi connectivity index (χ0n) is 16.6. The maximum atomic E-state index is 12.9. The van der Waals surface area contributed by atoms with E-state index in [0.717, 1.165) is 11.3 Å². The minimum atomic E-state index is -0.420. The van der Waals surface area contributed by atoms with Crippen molar-refractivity contribution in [2.75, 3.05) is 12.4 Å². The molecule has 0 atom stereocenters. The van der Waals surface area contributed by atoms with Crippen LogP contribution in [0.5, 0.6) is 5.75 Å². The SMILES string of the molecule is COc1ccc(-c2cc(C(=O)Nc3ccc(Cl)cc3C(=O)c3ccccc3)[nH]n2)cc1. The molecule has 1 aromatic heterocycles. The van der Waals surface area contributed by atoms with E-state index < -0.39 is 5.91 Å². The van der Waals surface area contributed by atoms with Gasteiger partial charge in [0.2, 0.25) is 0 Å². The second-order valence-corrected chi connectivity index (χ2v) is 7.17. The van der Waals surface area contributed by atoms with Gasteiger partial charge in [-0.05, 0) is 48.5 Å². The summed E-state index contributed by atoms with van der Waals surface area (Å²) in [4.78, 5) is 25.7. The molecule has 0 fully saturated rings. The average molecular weight is 432 g/mol. The van der Waals surface area contributed by atoms with Crippen LogP contribution in [0, 0.1) is 0 Å². The number of hydrogen-bond acceptors (Lipinski definition) is 4. The van der Waals surface area contributed by atoms with Gasteiger partial charge in [0.25, 0.3) is 5.91 Å². The number of rotatable bonds is 6. The van der Waals surface area contributed by atoms with Crippen LogP contribution >= 0.6 is 11.6 Å². The molecule has 0 spiro atoms. The minimum Gasteiger partial charge on any atom is -0.497 e. The van der Waals surface area contributed by atoms with E-state index in [0.29, 0.717) is 27.5 Å². The lowest BCUT2D eigenvalue weighted by atomic mass is 10.0. The van der Waals surface area contributed by atoms with Crippen molar-refractivity contribution in [3.63, 3.8) is 0 Å². The van der Waals surface area contributed by atoms with Gasteiger partial charge in [0.15, 0.2) is 5.78 Å². The molecule has 0 saturated heterocycles. The molecular weight excluding hydrogens is 414 g/mol. The summed E-state index contributed by atoms with van der Waals surface area (Å²) in [5, 5.41) is 10.1. The van der Waals surface area contributed by atoms with Gasteiger partial charge in [-0.1, -0.05) is 41.9 Å². The van der Waals surface area contributed by atoms with E-state index in [2.05, 4.69) is 15.5 Å². The monoisotopic (exact) mass is 431 g/mol. The smallest absolute Gasteiger partial charge is 0.273 e. The van der Waals surface area contributed by atoms with Gasteiger partial charge in [-0.3, -0.25) is 14.7 Å². The van der Waals surface area contributed by atoms with Gasteiger partial charge in [-0.25, -0.2) is 0 Å². The van der Waals surface area contributed by atoms with Crippen LogP contribution in [0.25, 0.3) is 11.3 Å². The van der Waals surface area contributed by atoms with Crippen molar-refractivity contribution in [2.45, 2.75) is 0 Å². The van der Waals surface area contributed by atoms with Crippen molar-refractivity contribution in [3.05, 3.63) is 101 Å². The zero-order chi connectivity index (χ0) is 21.8. The van der Waals surface area contributed by atoms with E-state index in [1.165, 1.54) is 0 Å². The number of hydrogen-bond donors (Lipinski definition) is 2. The third kappa shape index (κ3) is 4.49. The number of H-pyrrole nitrogens is 1. The number of aromatic amines is 1. The highest BCUT2D eigenvalue weighted by Crippen LogP contribution is 2.25. The van der Waals surface area contributed by atoms with Crippen LogP contribution in [0.3, 0.4) is 0 Å². The number of carbonyl (C=O) groups is 2. The Balaban J connectivity index is 1.58. The molecule has 0 aliphatic carbocycles. The number of ether oxygens (including phenoxy) is 1. The van der Waals surface area contributed by atoms with Gasteiger partial charge in [-0.15, -0.1) is 0 Å². The Morgan fingerprint density at radius 3 is 2.42 bits per heavy atom. The summed E-state index contributed by atoms with van der Waals surface area (Å²) in [5.41, 5.74) is 2.89. The third-order valence-corrected chi connectivity index (χ3v) is 4.95. The molecule has 6 nitrogen and oxygen atoms in total. The molecule has 0 bridgehead atoms. The zero-order valence-corrected chi connectivity index (χ0v) is 17.3. The Morgan fingerprint density at radius 2 is 1.71 bits per heavy atom. The maximum Gasteiger partial charge on any atom is 0.273 e. The van der Waals surface area contributed by atoms with Gasteiger partial charge in [0.1, 0.15) is 11.4 Å². The normalized spacial score (nSPS) is 10.5. The third-order valence-electron chi connectivity index (χ3n) is 4.72. The minimum absolute atomic E-state index is 0.234. The molecule has 31 heavy (non-hydrogen) atoms. The summed E-state index contributed by atoms with van der Waals surface area (Å²) in [7, 11) is 1.60. The summed E-state index contributed by atoms with van der Waals surface area (Å²) in [6, 6.07) is 22.6. The van der Waals surface area contributed by atoms with Crippen LogP contribution in [0.15, 0.2) is 78.9 Å². The number of methoxy groups -OCH3 is 1. The van der Waals surface area contributed by atoms with Crippen LogP contribution < -0.4 is 10.1 Å². The first-order valence-corrected chi connectivity index (χ1v) is 9.83. The lowest BCUT2D eigenvalue weighted by Gasteiger charge is -2.10. The molecule has 3 aromatic carbocycles. The molecule has 4 aromatic rings. The average Bonchev–Trinajstić information content (AvgIpc) is 3.31. The number of anilines is 1. The van der Waals surface area contributed by atoms with E-state index in [1.54, 1.807) is 55.6 Å². The second kappa shape index (κ2) is 8.85. The van der Waals surface area contributed by atoms with Gasteiger partial charge in [-0.2, -0.15) is 5.10 Å². The molecular formula is C24H18ClN3O3. The summed E-state index contributed by atoms with van der Waals surface area (Å²) in [5.74, 6) is 0.0780. The molecule has 4 rings (SSSR count). The molecule has 0 aliphatic heterocycles. The summed E-state index contributed by atoms with van der Waals surface area (Å²) >= 11 is 6.10. The van der Waals surface area contributed by atoms with E-state index in [1.807, 2.05) is 30.3 Å². The lowest BCUT2D eigenvalue weighted by molar-refractivity contribution is 0.102. The fourth-order valence-corrected chi connectivity index (χ4v) is 3.27. The Bertz CT molecular complexity index is 1230. The summed E-state index contributed by atoms with van der Waals surface area (Å²) in [6.07, 6.45) is 0. The molecule has 0 saturated carbocycles. The van der Waals surface area contributed by atoms with E-state index >= 15 is 0 Å². The maximum absolute atomic E-state index is 12.9. The number of nitrogens with one attached hydrogen (secondary N) is 2. The predicted molar refractivity (Wildman–Crippen MR) is 120 cm³/mol. The largest absolute Gasteiger partial charge is 0.497 e. The molecule has 7 heteroatoms. The Kier molecular flexibility index (Phi) is 5.82. The van der Waals surface area contributed by atoms with E-state index in [4.69, 9.17) is 16.3 Å². The number of ketones is 1. The fraction of sp³-hybridized carbons (Fsp3) is 0.0417. The van der Waals surface area contributed by atoms with Gasteiger partial charge in [0.05, 0.1) is 18.5 Å². The predicted octanol–water partition coefficient (Wildman–Crippen LogP) is 5.22. The van der Waals surface area contributed by atoms with Gasteiger partial charge >= 0.3 is 0 Å². The fourth-order valence-electron chi connectivity index (χ4n) is 3.10. The summed E-state index contributed by atoms with van der Waals surface area (Å²) < 4.78 is 5.16. The van der Waals surface area contributed by atoms with Crippen molar-refractivity contribution < 1.29 is 14.3 Å². The number of amides is 1. The molecule has 0 aliphatic rings. The first kappa shape index (κ1) is 20.4. The van der Waals surface area contributed by atoms with Crippen LogP contribution in [0.4, 0.5) is 5.69 Å². The molecule has 1 amide bonds. The number of halogens is 1. The quantitative estimate of drug-likeness (QED) is 0.410. The Labute approximate surface area is 183 Å². The van der Waals surface area contributed by atoms with Crippen molar-refractivity contribution in [1.29, 1.82) is 0 Å². The van der Waals surface area contributed by atoms with Crippen LogP contribution in [-0.4, -0.2) is 29.0 Å². The standard InChI is InChI=1S/C24H18ClN3O3/c1-31-18-10-7-15(8-11-18)21-14-22(28-27-21)24(30)26-20-12-9-17(25)13-19(20)23(29)16-5-3-2-4-6-16/h2-14H,1H3,(H,26,30)(H,27,28). The van der Waals surface area contributed by atoms with Crippen molar-refractivity contribution in [2.24, 2.45) is 0 Å². The first-order valence-electron chi connectivity index (χ1n) is 9.45. The van der Waals surface area contributed by atoms with Gasteiger partial charge in [0, 0.05) is 21.7 Å². The highest BCUT2D eigenvalue weighted by molar-refractivity contribution is 6.31. The number of carbonyl (C=O) groups excluding carboxylic acids is 2. The van der Waals surface area contributed by atoms with E-state index in [-0.39, 0.29) is 11.5 Å². The van der Waals surface area contributed by atoms with Crippen molar-refractivity contribution in [3.8, 4) is 17.0 Å². The lowest BCUT2D eigenvalue weighted by Crippen LogP contribution is -2.15. The molecule has 0 unspecified atom stereocenters. The van der Waals surface area contributed by atoms with Crippen LogP contribution in [-0.2, 0) is 0 Å². The van der Waals surface area contributed by atoms with E-state index in [9.17, 15) is 9.59 Å². The summed E-state index contributed by atoms with van der Waals surface area (Å²) in [6.45, 7) is 0. The molecule has 1 heterocycles. The highest BCUT2D eigenvalue weighted by Gasteiger charge is 2.18. The number of aromatic nitrogens is 2. The Hall–Kier alpha value is -3.90. The van der Waals surface area contributed by atoms with Crippen molar-refractivity contribution >= 4 is 29.0 Å². The molecule has 0 radical (unpaired) electrons. The first-order chi connectivity index (χ1) is 15.0. The topological polar surface area (TPSA) is 84.1 Å². The van der Waals surface area contributed by atoms with Gasteiger partial charge < -0.3 is 10.1 Å². The number of benzene rings is 3. The second-order valence-electron chi connectivity index (χ2n) is 6.73.